The van der Waals surface area contributed by atoms with E-state index in [2.05, 4.69) is 5.73 Å². The van der Waals surface area contributed by atoms with E-state index in [0.29, 0.717) is 6.42 Å². The Morgan fingerprint density at radius 2 is 1.91 bits per heavy atom. The molecule has 0 radical (unpaired) electrons. The Hall–Kier alpha value is -1.06. The van der Waals surface area contributed by atoms with Gasteiger partial charge in [-0.2, -0.15) is 0 Å². The van der Waals surface area contributed by atoms with Crippen molar-refractivity contribution in [2.45, 2.75) is 32.8 Å². The van der Waals surface area contributed by atoms with E-state index in [0.717, 1.165) is 0 Å². The van der Waals surface area contributed by atoms with E-state index < -0.39 is 17.5 Å². The highest BCUT2D eigenvalue weighted by Crippen LogP contribution is 2.12. The van der Waals surface area contributed by atoms with E-state index in [4.69, 9.17) is 4.74 Å². The summed E-state index contributed by atoms with van der Waals surface area (Å²) in [6, 6.07) is 0. The lowest BCUT2D eigenvalue weighted by atomic mass is 10.1. The van der Waals surface area contributed by atoms with Gasteiger partial charge in [-0.1, -0.05) is 6.92 Å². The maximum absolute atomic E-state index is 10.6. The zero-order valence-electron chi connectivity index (χ0n) is 7.01. The molecular formula is C7H13NO3. The zero-order valence-corrected chi connectivity index (χ0v) is 7.01. The first-order valence-electron chi connectivity index (χ1n) is 3.42. The number of carbonyl (C=O) groups excluding carboxylic acids is 2. The van der Waals surface area contributed by atoms with E-state index >= 15 is 0 Å². The molecule has 0 rings (SSSR count). The van der Waals surface area contributed by atoms with E-state index in [1.54, 1.807) is 13.8 Å². The average Bonchev–Trinajstić information content (AvgIpc) is 1.87. The Balaban J connectivity index is 4.04. The first-order chi connectivity index (χ1) is 4.89. The molecule has 0 aliphatic heterocycles. The number of hydrogen-bond acceptors (Lipinski definition) is 3. The maximum atomic E-state index is 10.6. The molecule has 11 heavy (non-hydrogen) atoms. The second-order valence-electron chi connectivity index (χ2n) is 2.87. The highest BCUT2D eigenvalue weighted by atomic mass is 16.6. The normalized spacial score (nSPS) is 10.8. The Morgan fingerprint density at radius 3 is 2.18 bits per heavy atom. The van der Waals surface area contributed by atoms with E-state index in [1.807, 2.05) is 6.92 Å². The first-order valence-corrected chi connectivity index (χ1v) is 3.42. The number of nitrogens with two attached hydrogens (primary N) is 1. The SMILES string of the molecule is CCC(C)(C)OC(=O)C(N)=O. The van der Waals surface area contributed by atoms with Crippen molar-refractivity contribution >= 4 is 11.9 Å². The number of ether oxygens (including phenoxy) is 1. The van der Waals surface area contributed by atoms with Gasteiger partial charge in [0.05, 0.1) is 0 Å². The van der Waals surface area contributed by atoms with Crippen molar-refractivity contribution < 1.29 is 14.3 Å². The van der Waals surface area contributed by atoms with Crippen LogP contribution in [-0.2, 0) is 14.3 Å². The van der Waals surface area contributed by atoms with Gasteiger partial charge < -0.3 is 10.5 Å². The fraction of sp³-hybridized carbons (Fsp3) is 0.714. The predicted molar refractivity (Wildman–Crippen MR) is 39.7 cm³/mol. The van der Waals surface area contributed by atoms with Gasteiger partial charge in [-0.15, -0.1) is 0 Å². The minimum atomic E-state index is -1.05. The number of rotatable bonds is 2. The lowest BCUT2D eigenvalue weighted by Crippen LogP contribution is -2.34. The van der Waals surface area contributed by atoms with Gasteiger partial charge in [-0.25, -0.2) is 4.79 Å². The van der Waals surface area contributed by atoms with Gasteiger partial charge in [0.1, 0.15) is 5.60 Å². The topological polar surface area (TPSA) is 69.4 Å². The number of esters is 1. The van der Waals surface area contributed by atoms with Crippen LogP contribution in [-0.4, -0.2) is 17.5 Å². The third kappa shape index (κ3) is 3.60. The summed E-state index contributed by atoms with van der Waals surface area (Å²) in [5.41, 5.74) is 4.08. The van der Waals surface area contributed by atoms with Gasteiger partial charge >= 0.3 is 11.9 Å². The molecule has 0 heterocycles. The van der Waals surface area contributed by atoms with Gasteiger partial charge in [0.25, 0.3) is 0 Å². The summed E-state index contributed by atoms with van der Waals surface area (Å²) in [7, 11) is 0. The molecule has 4 nitrogen and oxygen atoms in total. The molecule has 0 saturated carbocycles. The van der Waals surface area contributed by atoms with E-state index in [1.165, 1.54) is 0 Å². The number of carbonyl (C=O) groups is 2. The molecule has 0 atom stereocenters. The molecule has 0 spiro atoms. The van der Waals surface area contributed by atoms with Crippen LogP contribution in [0.1, 0.15) is 27.2 Å². The molecule has 0 aromatic heterocycles. The summed E-state index contributed by atoms with van der Waals surface area (Å²) in [6.07, 6.45) is 0.645. The summed E-state index contributed by atoms with van der Waals surface area (Å²) in [5.74, 6) is -2.02. The fourth-order valence-corrected chi connectivity index (χ4v) is 0.373. The van der Waals surface area contributed by atoms with Crippen LogP contribution < -0.4 is 5.73 Å². The number of amides is 1. The summed E-state index contributed by atoms with van der Waals surface area (Å²) in [4.78, 5) is 20.9. The molecule has 64 valence electrons. The lowest BCUT2D eigenvalue weighted by molar-refractivity contribution is -0.163. The highest BCUT2D eigenvalue weighted by Gasteiger charge is 2.23. The van der Waals surface area contributed by atoms with Crippen molar-refractivity contribution in [3.8, 4) is 0 Å². The second kappa shape index (κ2) is 3.37. The summed E-state index contributed by atoms with van der Waals surface area (Å²) in [6.45, 7) is 5.29. The van der Waals surface area contributed by atoms with Gasteiger partial charge in [0.2, 0.25) is 0 Å². The van der Waals surface area contributed by atoms with Crippen LogP contribution in [0.2, 0.25) is 0 Å². The minimum absolute atomic E-state index is 0.605. The van der Waals surface area contributed by atoms with Gasteiger partial charge in [-0.3, -0.25) is 4.79 Å². The average molecular weight is 159 g/mol. The van der Waals surface area contributed by atoms with E-state index in [9.17, 15) is 9.59 Å². The summed E-state index contributed by atoms with van der Waals surface area (Å²) >= 11 is 0. The Labute approximate surface area is 65.7 Å². The van der Waals surface area contributed by atoms with Crippen molar-refractivity contribution in [1.29, 1.82) is 0 Å². The molecule has 0 saturated heterocycles. The molecule has 0 bridgehead atoms. The zero-order chi connectivity index (χ0) is 9.07. The molecule has 1 amide bonds. The molecule has 0 aromatic carbocycles. The van der Waals surface area contributed by atoms with Crippen LogP contribution in [0.3, 0.4) is 0 Å². The molecule has 0 unspecified atom stereocenters. The van der Waals surface area contributed by atoms with Crippen LogP contribution in [0.5, 0.6) is 0 Å². The van der Waals surface area contributed by atoms with Crippen LogP contribution in [0.25, 0.3) is 0 Å². The van der Waals surface area contributed by atoms with Crippen molar-refractivity contribution in [2.24, 2.45) is 5.73 Å². The largest absolute Gasteiger partial charge is 0.453 e. The summed E-state index contributed by atoms with van der Waals surface area (Å²) < 4.78 is 4.73. The van der Waals surface area contributed by atoms with Gasteiger partial charge in [0, 0.05) is 0 Å². The van der Waals surface area contributed by atoms with Crippen molar-refractivity contribution in [3.63, 3.8) is 0 Å². The quantitative estimate of drug-likeness (QED) is 0.462. The molecule has 4 heteroatoms. The Kier molecular flexibility index (Phi) is 3.04. The second-order valence-corrected chi connectivity index (χ2v) is 2.87. The monoisotopic (exact) mass is 159 g/mol. The predicted octanol–water partition coefficient (Wildman–Crippen LogP) is 0.203. The van der Waals surface area contributed by atoms with Crippen molar-refractivity contribution in [1.82, 2.24) is 0 Å². The standard InChI is InChI=1S/C7H13NO3/c1-4-7(2,3)11-6(10)5(8)9/h4H2,1-3H3,(H2,8,9). The third-order valence-electron chi connectivity index (χ3n) is 1.42. The van der Waals surface area contributed by atoms with Gasteiger partial charge in [-0.05, 0) is 20.3 Å². The van der Waals surface area contributed by atoms with Crippen LogP contribution in [0, 0.1) is 0 Å². The van der Waals surface area contributed by atoms with Crippen LogP contribution in [0.4, 0.5) is 0 Å². The van der Waals surface area contributed by atoms with Crippen molar-refractivity contribution in [2.75, 3.05) is 0 Å². The Morgan fingerprint density at radius 1 is 1.45 bits per heavy atom. The van der Waals surface area contributed by atoms with Crippen molar-refractivity contribution in [3.05, 3.63) is 0 Å². The molecule has 2 N–H and O–H groups in total. The Bertz CT molecular complexity index is 175. The number of primary amides is 1. The molecule has 0 aliphatic carbocycles. The van der Waals surface area contributed by atoms with Crippen LogP contribution in [0.15, 0.2) is 0 Å². The third-order valence-corrected chi connectivity index (χ3v) is 1.42. The first kappa shape index (κ1) is 9.94. The smallest absolute Gasteiger partial charge is 0.397 e. The molecule has 0 aliphatic rings. The fourth-order valence-electron chi connectivity index (χ4n) is 0.373. The highest BCUT2D eigenvalue weighted by molar-refractivity contribution is 6.31. The van der Waals surface area contributed by atoms with Crippen LogP contribution >= 0.6 is 0 Å². The van der Waals surface area contributed by atoms with Gasteiger partial charge in [0.15, 0.2) is 0 Å². The summed E-state index contributed by atoms with van der Waals surface area (Å²) in [5, 5.41) is 0. The molecular weight excluding hydrogens is 146 g/mol. The number of hydrogen-bond donors (Lipinski definition) is 1. The molecule has 0 aromatic rings. The minimum Gasteiger partial charge on any atom is -0.453 e. The molecule has 0 fully saturated rings. The van der Waals surface area contributed by atoms with E-state index in [-0.39, 0.29) is 0 Å². The maximum Gasteiger partial charge on any atom is 0.397 e. The lowest BCUT2D eigenvalue weighted by Gasteiger charge is -2.21.